The number of benzene rings is 1. The predicted octanol–water partition coefficient (Wildman–Crippen LogP) is 1.88. The summed E-state index contributed by atoms with van der Waals surface area (Å²) in [6.45, 7) is 3.00. The number of ether oxygens (including phenoxy) is 1. The van der Waals surface area contributed by atoms with Crippen LogP contribution in [0.25, 0.3) is 0 Å². The highest BCUT2D eigenvalue weighted by atomic mass is 16.5. The molecule has 2 atom stereocenters. The largest absolute Gasteiger partial charge is 0.497 e. The van der Waals surface area contributed by atoms with Crippen molar-refractivity contribution in [1.29, 1.82) is 0 Å². The van der Waals surface area contributed by atoms with Gasteiger partial charge in [0.05, 0.1) is 7.11 Å². The molecule has 3 nitrogen and oxygen atoms in total. The van der Waals surface area contributed by atoms with E-state index in [4.69, 9.17) is 4.74 Å². The average Bonchev–Trinajstić information content (AvgIpc) is 2.74. The zero-order valence-electron chi connectivity index (χ0n) is 9.69. The maximum Gasteiger partial charge on any atom is 0.167 e. The Balaban J connectivity index is 2.19. The van der Waals surface area contributed by atoms with Gasteiger partial charge in [0.25, 0.3) is 0 Å². The molecule has 0 bridgehead atoms. The van der Waals surface area contributed by atoms with Gasteiger partial charge in [-0.2, -0.15) is 0 Å². The van der Waals surface area contributed by atoms with Gasteiger partial charge in [0.15, 0.2) is 5.78 Å². The molecule has 0 spiro atoms. The molecule has 2 unspecified atom stereocenters. The van der Waals surface area contributed by atoms with Gasteiger partial charge < -0.3 is 10.1 Å². The summed E-state index contributed by atoms with van der Waals surface area (Å²) in [5, 5.41) is 3.30. The lowest BCUT2D eigenvalue weighted by Crippen LogP contribution is -2.28. The second kappa shape index (κ2) is 4.66. The summed E-state index contributed by atoms with van der Waals surface area (Å²) in [6, 6.07) is 7.66. The molecule has 1 aliphatic heterocycles. The Labute approximate surface area is 95.8 Å². The van der Waals surface area contributed by atoms with Gasteiger partial charge in [-0.3, -0.25) is 4.79 Å². The molecule has 86 valence electrons. The van der Waals surface area contributed by atoms with Gasteiger partial charge in [0, 0.05) is 17.5 Å². The number of Topliss-reactive ketones (excluding diaryl/α,β-unsaturated/α-hetero) is 1. The van der Waals surface area contributed by atoms with Crippen molar-refractivity contribution in [3.05, 3.63) is 29.8 Å². The lowest BCUT2D eigenvalue weighted by molar-refractivity contribution is 0.0913. The normalized spacial score (nSPS) is 24.4. The van der Waals surface area contributed by atoms with E-state index in [0.717, 1.165) is 24.3 Å². The zero-order valence-corrected chi connectivity index (χ0v) is 9.69. The molecule has 0 aromatic heterocycles. The fourth-order valence-electron chi connectivity index (χ4n) is 2.21. The minimum atomic E-state index is 0.104. The van der Waals surface area contributed by atoms with Crippen molar-refractivity contribution < 1.29 is 9.53 Å². The summed E-state index contributed by atoms with van der Waals surface area (Å²) in [5.74, 6) is 1.06. The van der Waals surface area contributed by atoms with E-state index in [1.165, 1.54) is 0 Å². The predicted molar refractivity (Wildman–Crippen MR) is 62.9 cm³/mol. The van der Waals surface area contributed by atoms with Crippen LogP contribution < -0.4 is 10.1 Å². The van der Waals surface area contributed by atoms with E-state index in [-0.39, 0.29) is 17.7 Å². The summed E-state index contributed by atoms with van der Waals surface area (Å²) in [5.41, 5.74) is 0.750. The van der Waals surface area contributed by atoms with Crippen molar-refractivity contribution in [2.45, 2.75) is 19.4 Å². The van der Waals surface area contributed by atoms with E-state index < -0.39 is 0 Å². The van der Waals surface area contributed by atoms with Crippen LogP contribution in [0.5, 0.6) is 5.75 Å². The fourth-order valence-corrected chi connectivity index (χ4v) is 2.21. The Kier molecular flexibility index (Phi) is 3.25. The van der Waals surface area contributed by atoms with Crippen LogP contribution >= 0.6 is 0 Å². The first-order valence-electron chi connectivity index (χ1n) is 5.64. The molecule has 3 heteroatoms. The third-order valence-corrected chi connectivity index (χ3v) is 3.22. The molecule has 0 aliphatic carbocycles. The molecule has 2 rings (SSSR count). The van der Waals surface area contributed by atoms with Gasteiger partial charge in [-0.25, -0.2) is 0 Å². The molecule has 0 saturated carbocycles. The standard InChI is InChI=1S/C13H17NO2/c1-9-12(6-7-14-9)13(15)10-4-3-5-11(8-10)16-2/h3-5,8-9,12,14H,6-7H2,1-2H3. The van der Waals surface area contributed by atoms with E-state index >= 15 is 0 Å². The molecule has 0 amide bonds. The van der Waals surface area contributed by atoms with Crippen molar-refractivity contribution in [2.75, 3.05) is 13.7 Å². The van der Waals surface area contributed by atoms with Crippen LogP contribution in [0, 0.1) is 5.92 Å². The second-order valence-corrected chi connectivity index (χ2v) is 4.23. The maximum absolute atomic E-state index is 12.2. The lowest BCUT2D eigenvalue weighted by atomic mass is 9.92. The number of ketones is 1. The third kappa shape index (κ3) is 2.09. The summed E-state index contributed by atoms with van der Waals surface area (Å²) in [7, 11) is 1.61. The highest BCUT2D eigenvalue weighted by molar-refractivity contribution is 5.98. The fraction of sp³-hybridized carbons (Fsp3) is 0.462. The Morgan fingerprint density at radius 1 is 1.50 bits per heavy atom. The number of methoxy groups -OCH3 is 1. The first-order valence-corrected chi connectivity index (χ1v) is 5.64. The van der Waals surface area contributed by atoms with Crippen LogP contribution in [-0.2, 0) is 0 Å². The van der Waals surface area contributed by atoms with Gasteiger partial charge >= 0.3 is 0 Å². The first-order chi connectivity index (χ1) is 7.72. The van der Waals surface area contributed by atoms with Crippen LogP contribution in [-0.4, -0.2) is 25.5 Å². The topological polar surface area (TPSA) is 38.3 Å². The number of carbonyl (C=O) groups is 1. The summed E-state index contributed by atoms with van der Waals surface area (Å²) in [4.78, 5) is 12.2. The van der Waals surface area contributed by atoms with Crippen molar-refractivity contribution in [1.82, 2.24) is 5.32 Å². The second-order valence-electron chi connectivity index (χ2n) is 4.23. The van der Waals surface area contributed by atoms with Crippen molar-refractivity contribution in [2.24, 2.45) is 5.92 Å². The Hall–Kier alpha value is -1.35. The van der Waals surface area contributed by atoms with Crippen LogP contribution in [0.15, 0.2) is 24.3 Å². The number of hydrogen-bond donors (Lipinski definition) is 1. The number of nitrogens with one attached hydrogen (secondary N) is 1. The molecule has 0 radical (unpaired) electrons. The molecule has 1 N–H and O–H groups in total. The van der Waals surface area contributed by atoms with Crippen LogP contribution in [0.2, 0.25) is 0 Å². The zero-order chi connectivity index (χ0) is 11.5. The monoisotopic (exact) mass is 219 g/mol. The minimum absolute atomic E-state index is 0.104. The summed E-state index contributed by atoms with van der Waals surface area (Å²) < 4.78 is 5.13. The molecule has 1 aromatic carbocycles. The molecule has 16 heavy (non-hydrogen) atoms. The Morgan fingerprint density at radius 2 is 2.31 bits per heavy atom. The van der Waals surface area contributed by atoms with E-state index in [0.29, 0.717) is 0 Å². The third-order valence-electron chi connectivity index (χ3n) is 3.22. The highest BCUT2D eigenvalue weighted by Gasteiger charge is 2.29. The van der Waals surface area contributed by atoms with Crippen LogP contribution in [0.1, 0.15) is 23.7 Å². The maximum atomic E-state index is 12.2. The van der Waals surface area contributed by atoms with Crippen molar-refractivity contribution in [3.63, 3.8) is 0 Å². The van der Waals surface area contributed by atoms with Gasteiger partial charge in [0.1, 0.15) is 5.75 Å². The molecule has 1 aliphatic rings. The molecule has 1 aromatic rings. The highest BCUT2D eigenvalue weighted by Crippen LogP contribution is 2.22. The molecule has 1 heterocycles. The molecule has 1 saturated heterocycles. The first kappa shape index (κ1) is 11.1. The van der Waals surface area contributed by atoms with E-state index in [1.807, 2.05) is 24.3 Å². The van der Waals surface area contributed by atoms with Crippen LogP contribution in [0.4, 0.5) is 0 Å². The molecular weight excluding hydrogens is 202 g/mol. The SMILES string of the molecule is COc1cccc(C(=O)C2CCNC2C)c1. The average molecular weight is 219 g/mol. The van der Waals surface area contributed by atoms with Gasteiger partial charge in [0.2, 0.25) is 0 Å². The quantitative estimate of drug-likeness (QED) is 0.789. The smallest absolute Gasteiger partial charge is 0.167 e. The van der Waals surface area contributed by atoms with Crippen molar-refractivity contribution in [3.8, 4) is 5.75 Å². The molecule has 1 fully saturated rings. The number of carbonyl (C=O) groups excluding carboxylic acids is 1. The van der Waals surface area contributed by atoms with Gasteiger partial charge in [-0.1, -0.05) is 12.1 Å². The van der Waals surface area contributed by atoms with Crippen LogP contribution in [0.3, 0.4) is 0 Å². The lowest BCUT2D eigenvalue weighted by Gasteiger charge is -2.14. The minimum Gasteiger partial charge on any atom is -0.497 e. The Bertz CT molecular complexity index is 389. The van der Waals surface area contributed by atoms with Gasteiger partial charge in [-0.05, 0) is 32.0 Å². The summed E-state index contributed by atoms with van der Waals surface area (Å²) >= 11 is 0. The van der Waals surface area contributed by atoms with Gasteiger partial charge in [-0.15, -0.1) is 0 Å². The Morgan fingerprint density at radius 3 is 2.94 bits per heavy atom. The summed E-state index contributed by atoms with van der Waals surface area (Å²) in [6.07, 6.45) is 0.928. The van der Waals surface area contributed by atoms with E-state index in [9.17, 15) is 4.79 Å². The van der Waals surface area contributed by atoms with E-state index in [1.54, 1.807) is 7.11 Å². The van der Waals surface area contributed by atoms with E-state index in [2.05, 4.69) is 12.2 Å². The number of rotatable bonds is 3. The van der Waals surface area contributed by atoms with Crippen molar-refractivity contribution >= 4 is 5.78 Å². The number of hydrogen-bond acceptors (Lipinski definition) is 3. The molecular formula is C13H17NO2.